The van der Waals surface area contributed by atoms with Crippen LogP contribution in [0.15, 0.2) is 30.3 Å². The summed E-state index contributed by atoms with van der Waals surface area (Å²) in [5.41, 5.74) is 0.421. The van der Waals surface area contributed by atoms with Gasteiger partial charge < -0.3 is 14.8 Å². The molecule has 0 saturated heterocycles. The van der Waals surface area contributed by atoms with E-state index in [1.165, 1.54) is 26.4 Å². The molecule has 2 rings (SSSR count). The standard InChI is InChI=1S/C16H15F2NO3/c1-9-7-13(21-2)14(22-3)8-12(9)19-16(20)15-10(17)5-4-6-11(15)18/h4-8H,1-3H3,(H,19,20). The second-order valence-electron chi connectivity index (χ2n) is 4.57. The molecular formula is C16H15F2NO3. The van der Waals surface area contributed by atoms with Gasteiger partial charge in [-0.2, -0.15) is 0 Å². The molecule has 116 valence electrons. The predicted molar refractivity (Wildman–Crippen MR) is 78.6 cm³/mol. The third kappa shape index (κ3) is 3.00. The smallest absolute Gasteiger partial charge is 0.261 e. The van der Waals surface area contributed by atoms with E-state index in [1.807, 2.05) is 0 Å². The summed E-state index contributed by atoms with van der Waals surface area (Å²) in [5.74, 6) is -1.82. The second kappa shape index (κ2) is 6.43. The van der Waals surface area contributed by atoms with Crippen LogP contribution in [-0.4, -0.2) is 20.1 Å². The van der Waals surface area contributed by atoms with E-state index >= 15 is 0 Å². The SMILES string of the molecule is COc1cc(C)c(NC(=O)c2c(F)cccc2F)cc1OC. The highest BCUT2D eigenvalue weighted by Gasteiger charge is 2.18. The van der Waals surface area contributed by atoms with Crippen molar-refractivity contribution in [3.05, 3.63) is 53.1 Å². The van der Waals surface area contributed by atoms with E-state index in [0.29, 0.717) is 22.7 Å². The predicted octanol–water partition coefficient (Wildman–Crippen LogP) is 3.54. The van der Waals surface area contributed by atoms with Gasteiger partial charge in [-0.25, -0.2) is 8.78 Å². The molecule has 0 unspecified atom stereocenters. The van der Waals surface area contributed by atoms with Gasteiger partial charge in [-0.05, 0) is 30.7 Å². The van der Waals surface area contributed by atoms with Gasteiger partial charge in [0.1, 0.15) is 17.2 Å². The minimum absolute atomic E-state index is 0.380. The molecule has 0 aromatic heterocycles. The summed E-state index contributed by atoms with van der Waals surface area (Å²) in [4.78, 5) is 12.1. The molecule has 6 heteroatoms. The van der Waals surface area contributed by atoms with Crippen molar-refractivity contribution in [2.45, 2.75) is 6.92 Å². The fourth-order valence-electron chi connectivity index (χ4n) is 2.01. The molecule has 4 nitrogen and oxygen atoms in total. The van der Waals surface area contributed by atoms with Crippen LogP contribution in [0.3, 0.4) is 0 Å². The Bertz CT molecular complexity index is 697. The van der Waals surface area contributed by atoms with E-state index in [0.717, 1.165) is 12.1 Å². The summed E-state index contributed by atoms with van der Waals surface area (Å²) in [5, 5.41) is 2.48. The van der Waals surface area contributed by atoms with Crippen LogP contribution < -0.4 is 14.8 Å². The lowest BCUT2D eigenvalue weighted by atomic mass is 10.1. The number of ether oxygens (including phenoxy) is 2. The van der Waals surface area contributed by atoms with Gasteiger partial charge in [0.25, 0.3) is 5.91 Å². The molecule has 1 N–H and O–H groups in total. The molecule has 0 bridgehead atoms. The Labute approximate surface area is 126 Å². The largest absolute Gasteiger partial charge is 0.493 e. The molecule has 22 heavy (non-hydrogen) atoms. The van der Waals surface area contributed by atoms with Crippen LogP contribution in [0.1, 0.15) is 15.9 Å². The Hall–Kier alpha value is -2.63. The van der Waals surface area contributed by atoms with Gasteiger partial charge in [-0.1, -0.05) is 6.07 Å². The summed E-state index contributed by atoms with van der Waals surface area (Å²) in [6.07, 6.45) is 0. The molecule has 2 aromatic carbocycles. The Balaban J connectivity index is 2.36. The highest BCUT2D eigenvalue weighted by atomic mass is 19.1. The number of amides is 1. The lowest BCUT2D eigenvalue weighted by Gasteiger charge is -2.14. The average Bonchev–Trinajstić information content (AvgIpc) is 2.48. The minimum atomic E-state index is -0.921. The fraction of sp³-hybridized carbons (Fsp3) is 0.188. The zero-order chi connectivity index (χ0) is 16.3. The number of methoxy groups -OCH3 is 2. The minimum Gasteiger partial charge on any atom is -0.493 e. The van der Waals surface area contributed by atoms with Crippen LogP contribution in [0.25, 0.3) is 0 Å². The maximum absolute atomic E-state index is 13.6. The molecule has 0 radical (unpaired) electrons. The summed E-state index contributed by atoms with van der Waals surface area (Å²) in [6.45, 7) is 1.73. The van der Waals surface area contributed by atoms with Crippen LogP contribution in [0.5, 0.6) is 11.5 Å². The van der Waals surface area contributed by atoms with Crippen LogP contribution in [0.4, 0.5) is 14.5 Å². The average molecular weight is 307 g/mol. The molecule has 0 fully saturated rings. The van der Waals surface area contributed by atoms with Gasteiger partial charge in [0.2, 0.25) is 0 Å². The number of rotatable bonds is 4. The van der Waals surface area contributed by atoms with Crippen LogP contribution in [0.2, 0.25) is 0 Å². The first-order valence-corrected chi connectivity index (χ1v) is 6.46. The van der Waals surface area contributed by atoms with Crippen molar-refractivity contribution in [1.29, 1.82) is 0 Å². The molecular weight excluding hydrogens is 292 g/mol. The van der Waals surface area contributed by atoms with Crippen LogP contribution in [0, 0.1) is 18.6 Å². The quantitative estimate of drug-likeness (QED) is 0.940. The van der Waals surface area contributed by atoms with Crippen molar-refractivity contribution in [3.8, 4) is 11.5 Å². The van der Waals surface area contributed by atoms with Crippen LogP contribution >= 0.6 is 0 Å². The molecule has 0 atom stereocenters. The molecule has 0 spiro atoms. The van der Waals surface area contributed by atoms with E-state index in [1.54, 1.807) is 13.0 Å². The number of halogens is 2. The van der Waals surface area contributed by atoms with Crippen molar-refractivity contribution in [2.75, 3.05) is 19.5 Å². The van der Waals surface area contributed by atoms with Crippen molar-refractivity contribution in [3.63, 3.8) is 0 Å². The number of aryl methyl sites for hydroxylation is 1. The fourth-order valence-corrected chi connectivity index (χ4v) is 2.01. The normalized spacial score (nSPS) is 10.2. The van der Waals surface area contributed by atoms with Gasteiger partial charge >= 0.3 is 0 Å². The van der Waals surface area contributed by atoms with Crippen LogP contribution in [-0.2, 0) is 0 Å². The first-order valence-electron chi connectivity index (χ1n) is 6.46. The topological polar surface area (TPSA) is 47.6 Å². The molecule has 2 aromatic rings. The van der Waals surface area contributed by atoms with E-state index in [2.05, 4.69) is 5.32 Å². The summed E-state index contributed by atoms with van der Waals surface area (Å²) >= 11 is 0. The first kappa shape index (κ1) is 15.8. The lowest BCUT2D eigenvalue weighted by molar-refractivity contribution is 0.101. The number of anilines is 1. The van der Waals surface area contributed by atoms with E-state index in [4.69, 9.17) is 9.47 Å². The molecule has 0 aliphatic carbocycles. The van der Waals surface area contributed by atoms with E-state index < -0.39 is 23.1 Å². The molecule has 0 saturated carbocycles. The third-order valence-corrected chi connectivity index (χ3v) is 3.17. The third-order valence-electron chi connectivity index (χ3n) is 3.17. The second-order valence-corrected chi connectivity index (χ2v) is 4.57. The van der Waals surface area contributed by atoms with Gasteiger partial charge in [0.15, 0.2) is 11.5 Å². The van der Waals surface area contributed by atoms with Gasteiger partial charge in [-0.15, -0.1) is 0 Å². The molecule has 1 amide bonds. The Morgan fingerprint density at radius 3 is 2.14 bits per heavy atom. The zero-order valence-electron chi connectivity index (χ0n) is 12.4. The summed E-state index contributed by atoms with van der Waals surface area (Å²) in [7, 11) is 2.94. The molecule has 0 heterocycles. The monoisotopic (exact) mass is 307 g/mol. The Kier molecular flexibility index (Phi) is 4.60. The summed E-state index contributed by atoms with van der Waals surface area (Å²) < 4.78 is 37.5. The van der Waals surface area contributed by atoms with Gasteiger partial charge in [0, 0.05) is 11.8 Å². The molecule has 0 aliphatic rings. The maximum Gasteiger partial charge on any atom is 0.261 e. The van der Waals surface area contributed by atoms with E-state index in [-0.39, 0.29) is 0 Å². The lowest BCUT2D eigenvalue weighted by Crippen LogP contribution is -2.16. The number of carbonyl (C=O) groups excluding carboxylic acids is 1. The maximum atomic E-state index is 13.6. The van der Waals surface area contributed by atoms with Gasteiger partial charge in [0.05, 0.1) is 14.2 Å². The van der Waals surface area contributed by atoms with E-state index in [9.17, 15) is 13.6 Å². The number of nitrogens with one attached hydrogen (secondary N) is 1. The molecule has 0 aliphatic heterocycles. The first-order chi connectivity index (χ1) is 10.5. The highest BCUT2D eigenvalue weighted by Crippen LogP contribution is 2.33. The number of hydrogen-bond donors (Lipinski definition) is 1. The van der Waals surface area contributed by atoms with Crippen molar-refractivity contribution < 1.29 is 23.0 Å². The van der Waals surface area contributed by atoms with Crippen molar-refractivity contribution in [2.24, 2.45) is 0 Å². The number of carbonyl (C=O) groups is 1. The number of hydrogen-bond acceptors (Lipinski definition) is 3. The summed E-state index contributed by atoms with van der Waals surface area (Å²) in [6, 6.07) is 6.44. The highest BCUT2D eigenvalue weighted by molar-refractivity contribution is 6.05. The zero-order valence-corrected chi connectivity index (χ0v) is 12.4. The van der Waals surface area contributed by atoms with Gasteiger partial charge in [-0.3, -0.25) is 4.79 Å². The Morgan fingerprint density at radius 2 is 1.59 bits per heavy atom. The van der Waals surface area contributed by atoms with Crippen molar-refractivity contribution >= 4 is 11.6 Å². The Morgan fingerprint density at radius 1 is 1.05 bits per heavy atom. The van der Waals surface area contributed by atoms with Crippen molar-refractivity contribution in [1.82, 2.24) is 0 Å². The number of benzene rings is 2.